The van der Waals surface area contributed by atoms with E-state index >= 15 is 0 Å². The van der Waals surface area contributed by atoms with Gasteiger partial charge < -0.3 is 9.80 Å². The topological polar surface area (TPSA) is 67.2 Å². The van der Waals surface area contributed by atoms with Crippen molar-refractivity contribution < 1.29 is 4.79 Å². The Hall–Kier alpha value is -3.26. The summed E-state index contributed by atoms with van der Waals surface area (Å²) in [6, 6.07) is 17.7. The number of carbonyl (C=O) groups is 1. The molecule has 0 N–H and O–H groups in total. The first-order valence-corrected chi connectivity index (χ1v) is 12.5. The van der Waals surface area contributed by atoms with Gasteiger partial charge in [0.2, 0.25) is 0 Å². The van der Waals surface area contributed by atoms with E-state index in [1.54, 1.807) is 0 Å². The highest BCUT2D eigenvalue weighted by Gasteiger charge is 2.27. The number of halogens is 1. The smallest absolute Gasteiger partial charge is 0.255 e. The molecule has 1 amide bonds. The Morgan fingerprint density at radius 3 is 2.38 bits per heavy atom. The number of amides is 1. The summed E-state index contributed by atoms with van der Waals surface area (Å²) in [4.78, 5) is 27.1. The Kier molecular flexibility index (Phi) is 6.32. The van der Waals surface area contributed by atoms with Crippen LogP contribution in [0.25, 0.3) is 16.7 Å². The number of carbonyl (C=O) groups excluding carboxylic acids is 1. The van der Waals surface area contributed by atoms with Gasteiger partial charge in [-0.15, -0.1) is 0 Å². The van der Waals surface area contributed by atoms with Crippen molar-refractivity contribution >= 4 is 38.7 Å². The third-order valence-corrected chi connectivity index (χ3v) is 6.87. The number of aryl methyl sites for hydroxylation is 2. The van der Waals surface area contributed by atoms with Crippen molar-refractivity contribution in [1.29, 1.82) is 0 Å². The van der Waals surface area contributed by atoms with Gasteiger partial charge in [0, 0.05) is 37.1 Å². The molecule has 0 unspecified atom stereocenters. The number of rotatable bonds is 5. The van der Waals surface area contributed by atoms with Crippen LogP contribution in [0.3, 0.4) is 0 Å². The highest BCUT2D eigenvalue weighted by atomic mass is 79.9. The van der Waals surface area contributed by atoms with Crippen molar-refractivity contribution in [2.45, 2.75) is 26.7 Å². The van der Waals surface area contributed by atoms with Crippen LogP contribution in [0.5, 0.6) is 0 Å². The van der Waals surface area contributed by atoms with Crippen LogP contribution in [0.15, 0.2) is 59.1 Å². The Bertz CT molecular complexity index is 1330. The summed E-state index contributed by atoms with van der Waals surface area (Å²) in [6.07, 6.45) is 1.78. The number of piperazine rings is 1. The standard InChI is InChI=1S/C26H27BrN6O/c1-3-9-22-28-24(23-18(2)30-33(25(23)29-22)19-10-5-4-6-11-19)31-14-16-32(17-15-31)26(34)20-12-7-8-13-21(20)27/h4-8,10-13H,3,9,14-17H2,1-2H3. The quantitative estimate of drug-likeness (QED) is 0.379. The summed E-state index contributed by atoms with van der Waals surface area (Å²) in [5.74, 6) is 1.80. The molecule has 3 heterocycles. The van der Waals surface area contributed by atoms with Gasteiger partial charge in [0.1, 0.15) is 11.6 Å². The predicted molar refractivity (Wildman–Crippen MR) is 138 cm³/mol. The van der Waals surface area contributed by atoms with E-state index in [0.717, 1.165) is 51.4 Å². The van der Waals surface area contributed by atoms with Crippen LogP contribution in [0.4, 0.5) is 5.82 Å². The highest BCUT2D eigenvalue weighted by Crippen LogP contribution is 2.30. The molecule has 5 rings (SSSR count). The van der Waals surface area contributed by atoms with E-state index in [1.807, 2.05) is 71.1 Å². The second-order valence-electron chi connectivity index (χ2n) is 8.50. The van der Waals surface area contributed by atoms with Crippen LogP contribution < -0.4 is 4.90 Å². The molecule has 1 saturated heterocycles. The van der Waals surface area contributed by atoms with E-state index in [2.05, 4.69) is 27.8 Å². The maximum Gasteiger partial charge on any atom is 0.255 e. The monoisotopic (exact) mass is 518 g/mol. The summed E-state index contributed by atoms with van der Waals surface area (Å²) in [5, 5.41) is 5.81. The van der Waals surface area contributed by atoms with E-state index in [-0.39, 0.29) is 5.91 Å². The lowest BCUT2D eigenvalue weighted by atomic mass is 10.1. The fourth-order valence-corrected chi connectivity index (χ4v) is 4.90. The summed E-state index contributed by atoms with van der Waals surface area (Å²) < 4.78 is 2.75. The minimum absolute atomic E-state index is 0.0553. The first-order valence-electron chi connectivity index (χ1n) is 11.7. The number of hydrogen-bond acceptors (Lipinski definition) is 5. The molecule has 8 heteroatoms. The fourth-order valence-electron chi connectivity index (χ4n) is 4.45. The van der Waals surface area contributed by atoms with Crippen LogP contribution in [0.1, 0.15) is 35.2 Å². The maximum absolute atomic E-state index is 13.1. The number of hydrogen-bond donors (Lipinski definition) is 0. The minimum Gasteiger partial charge on any atom is -0.352 e. The molecule has 0 atom stereocenters. The molecule has 7 nitrogen and oxygen atoms in total. The van der Waals surface area contributed by atoms with E-state index in [4.69, 9.17) is 15.1 Å². The second-order valence-corrected chi connectivity index (χ2v) is 9.36. The molecular weight excluding hydrogens is 492 g/mol. The molecule has 1 aliphatic heterocycles. The third kappa shape index (κ3) is 4.18. The Balaban J connectivity index is 1.47. The predicted octanol–water partition coefficient (Wildman–Crippen LogP) is 4.80. The SMILES string of the molecule is CCCc1nc(N2CCN(C(=O)c3ccccc3Br)CC2)c2c(C)nn(-c3ccccc3)c2n1. The van der Waals surface area contributed by atoms with Crippen molar-refractivity contribution in [3.05, 3.63) is 76.2 Å². The van der Waals surface area contributed by atoms with Crippen LogP contribution >= 0.6 is 15.9 Å². The average Bonchev–Trinajstić information content (AvgIpc) is 3.20. The highest BCUT2D eigenvalue weighted by molar-refractivity contribution is 9.10. The number of benzene rings is 2. The van der Waals surface area contributed by atoms with Gasteiger partial charge in [-0.2, -0.15) is 5.10 Å². The van der Waals surface area contributed by atoms with Gasteiger partial charge >= 0.3 is 0 Å². The Labute approximate surface area is 207 Å². The first kappa shape index (κ1) is 22.5. The molecular formula is C26H27BrN6O. The van der Waals surface area contributed by atoms with Gasteiger partial charge in [0.05, 0.1) is 22.3 Å². The number of nitrogens with zero attached hydrogens (tertiary/aromatic N) is 6. The van der Waals surface area contributed by atoms with Crippen molar-refractivity contribution in [2.75, 3.05) is 31.1 Å². The van der Waals surface area contributed by atoms with Gasteiger partial charge in [-0.05, 0) is 53.5 Å². The largest absolute Gasteiger partial charge is 0.352 e. The van der Waals surface area contributed by atoms with Crippen molar-refractivity contribution in [2.24, 2.45) is 0 Å². The summed E-state index contributed by atoms with van der Waals surface area (Å²) in [6.45, 7) is 6.86. The van der Waals surface area contributed by atoms with Crippen molar-refractivity contribution in [3.63, 3.8) is 0 Å². The molecule has 0 spiro atoms. The van der Waals surface area contributed by atoms with Crippen LogP contribution in [-0.2, 0) is 6.42 Å². The number of anilines is 1. The molecule has 2 aromatic heterocycles. The van der Waals surface area contributed by atoms with E-state index in [0.29, 0.717) is 31.7 Å². The number of aromatic nitrogens is 4. The van der Waals surface area contributed by atoms with Crippen molar-refractivity contribution in [3.8, 4) is 5.69 Å². The molecule has 0 aliphatic carbocycles. The molecule has 4 aromatic rings. The lowest BCUT2D eigenvalue weighted by molar-refractivity contribution is 0.0745. The molecule has 0 bridgehead atoms. The van der Waals surface area contributed by atoms with E-state index in [1.165, 1.54) is 0 Å². The maximum atomic E-state index is 13.1. The third-order valence-electron chi connectivity index (χ3n) is 6.17. The zero-order valence-corrected chi connectivity index (χ0v) is 21.0. The molecule has 1 aliphatic rings. The van der Waals surface area contributed by atoms with Gasteiger partial charge in [-0.1, -0.05) is 37.3 Å². The van der Waals surface area contributed by atoms with Gasteiger partial charge in [0.25, 0.3) is 5.91 Å². The summed E-state index contributed by atoms with van der Waals surface area (Å²) in [5.41, 5.74) is 3.43. The van der Waals surface area contributed by atoms with Crippen molar-refractivity contribution in [1.82, 2.24) is 24.6 Å². The molecule has 0 radical (unpaired) electrons. The molecule has 2 aromatic carbocycles. The summed E-state index contributed by atoms with van der Waals surface area (Å²) in [7, 11) is 0. The van der Waals surface area contributed by atoms with Crippen LogP contribution in [-0.4, -0.2) is 56.7 Å². The van der Waals surface area contributed by atoms with E-state index in [9.17, 15) is 4.79 Å². The Morgan fingerprint density at radius 1 is 0.971 bits per heavy atom. The molecule has 34 heavy (non-hydrogen) atoms. The zero-order chi connectivity index (χ0) is 23.7. The normalized spacial score (nSPS) is 14.1. The van der Waals surface area contributed by atoms with E-state index < -0.39 is 0 Å². The Morgan fingerprint density at radius 2 is 1.68 bits per heavy atom. The summed E-state index contributed by atoms with van der Waals surface area (Å²) >= 11 is 3.51. The minimum atomic E-state index is 0.0553. The number of para-hydroxylation sites is 1. The van der Waals surface area contributed by atoms with Gasteiger partial charge in [-0.3, -0.25) is 4.79 Å². The average molecular weight is 519 g/mol. The second kappa shape index (κ2) is 9.54. The zero-order valence-electron chi connectivity index (χ0n) is 19.4. The molecule has 1 fully saturated rings. The lowest BCUT2D eigenvalue weighted by Crippen LogP contribution is -2.49. The van der Waals surface area contributed by atoms with Gasteiger partial charge in [-0.25, -0.2) is 14.6 Å². The lowest BCUT2D eigenvalue weighted by Gasteiger charge is -2.36. The molecule has 0 saturated carbocycles. The first-order chi connectivity index (χ1) is 16.6. The molecule has 174 valence electrons. The number of fused-ring (bicyclic) bond motifs is 1. The van der Waals surface area contributed by atoms with Gasteiger partial charge in [0.15, 0.2) is 5.65 Å². The van der Waals surface area contributed by atoms with Crippen LogP contribution in [0.2, 0.25) is 0 Å². The van der Waals surface area contributed by atoms with Crippen LogP contribution in [0, 0.1) is 6.92 Å². The fraction of sp³-hybridized carbons (Fsp3) is 0.308.